The number of nitrogens with zero attached hydrogens (tertiary/aromatic N) is 1. The summed E-state index contributed by atoms with van der Waals surface area (Å²) >= 11 is 0. The smallest absolute Gasteiger partial charge is 0.257 e. The fraction of sp³-hybridized carbons (Fsp3) is 0.240. The summed E-state index contributed by atoms with van der Waals surface area (Å²) in [5, 5.41) is 15.7. The molecule has 1 aliphatic carbocycles. The predicted octanol–water partition coefficient (Wildman–Crippen LogP) is 3.74. The number of nitrogens with one attached hydrogen (secondary N) is 2. The molecule has 9 heteroatoms. The molecule has 2 amide bonds. The van der Waals surface area contributed by atoms with Crippen molar-refractivity contribution in [2.24, 2.45) is 0 Å². The van der Waals surface area contributed by atoms with E-state index >= 15 is 0 Å². The zero-order chi connectivity index (χ0) is 24.4. The van der Waals surface area contributed by atoms with Crippen molar-refractivity contribution in [3.05, 3.63) is 77.0 Å². The van der Waals surface area contributed by atoms with Crippen molar-refractivity contribution in [3.63, 3.8) is 0 Å². The first-order valence-corrected chi connectivity index (χ1v) is 10.9. The van der Waals surface area contributed by atoms with Crippen LogP contribution in [0.4, 0.5) is 20.3 Å². The largest absolute Gasteiger partial charge is 0.383 e. The first-order chi connectivity index (χ1) is 16.2. The number of aryl methyl sites for hydroxylation is 1. The fourth-order valence-corrected chi connectivity index (χ4v) is 3.64. The maximum absolute atomic E-state index is 13.4. The van der Waals surface area contributed by atoms with Crippen molar-refractivity contribution < 1.29 is 23.5 Å². The van der Waals surface area contributed by atoms with Gasteiger partial charge in [0.2, 0.25) is 0 Å². The van der Waals surface area contributed by atoms with Gasteiger partial charge in [0, 0.05) is 29.6 Å². The molecule has 0 saturated heterocycles. The minimum atomic E-state index is -1.75. The quantitative estimate of drug-likeness (QED) is 0.423. The van der Waals surface area contributed by atoms with E-state index in [1.54, 1.807) is 30.5 Å². The van der Waals surface area contributed by atoms with E-state index < -0.39 is 23.6 Å². The summed E-state index contributed by atoms with van der Waals surface area (Å²) in [7, 11) is 0. The molecule has 2 aromatic carbocycles. The molecule has 0 bridgehead atoms. The Hall–Kier alpha value is -3.85. The summed E-state index contributed by atoms with van der Waals surface area (Å²) < 4.78 is 26.9. The second kappa shape index (κ2) is 9.56. The number of hydrogen-bond acceptors (Lipinski definition) is 5. The van der Waals surface area contributed by atoms with Gasteiger partial charge in [0.25, 0.3) is 11.8 Å². The van der Waals surface area contributed by atoms with Crippen LogP contribution in [0, 0.1) is 11.6 Å². The molecule has 176 valence electrons. The number of halogens is 2. The summed E-state index contributed by atoms with van der Waals surface area (Å²) in [5.41, 5.74) is 8.78. The Balaban J connectivity index is 1.56. The maximum Gasteiger partial charge on any atom is 0.257 e. The van der Waals surface area contributed by atoms with E-state index in [9.17, 15) is 23.5 Å². The van der Waals surface area contributed by atoms with Crippen LogP contribution >= 0.6 is 0 Å². The molecular weight excluding hydrogens is 442 g/mol. The Morgan fingerprint density at radius 2 is 1.85 bits per heavy atom. The summed E-state index contributed by atoms with van der Waals surface area (Å²) in [6.45, 7) is 1.93. The number of carbonyl (C=O) groups is 2. The number of anilines is 2. The van der Waals surface area contributed by atoms with Crippen LogP contribution in [0.5, 0.6) is 0 Å². The first-order valence-electron chi connectivity index (χ1n) is 10.9. The van der Waals surface area contributed by atoms with Crippen LogP contribution in [0.25, 0.3) is 11.1 Å². The Bertz CT molecular complexity index is 1240. The number of hydrogen-bond donors (Lipinski definition) is 4. The van der Waals surface area contributed by atoms with Gasteiger partial charge in [0.1, 0.15) is 17.5 Å². The van der Waals surface area contributed by atoms with Crippen molar-refractivity contribution in [2.75, 3.05) is 11.1 Å². The normalized spacial score (nSPS) is 13.9. The second-order valence-corrected chi connectivity index (χ2v) is 8.22. The van der Waals surface area contributed by atoms with Crippen molar-refractivity contribution in [3.8, 4) is 11.1 Å². The van der Waals surface area contributed by atoms with E-state index in [1.807, 2.05) is 6.92 Å². The molecule has 1 saturated carbocycles. The van der Waals surface area contributed by atoms with Crippen LogP contribution in [-0.4, -0.2) is 27.9 Å². The molecule has 3 aromatic rings. The van der Waals surface area contributed by atoms with Gasteiger partial charge in [0.15, 0.2) is 6.10 Å². The molecule has 1 atom stereocenters. The van der Waals surface area contributed by atoms with Crippen molar-refractivity contribution in [1.82, 2.24) is 10.3 Å². The molecule has 1 fully saturated rings. The molecule has 7 nitrogen and oxygen atoms in total. The van der Waals surface area contributed by atoms with Gasteiger partial charge in [0.05, 0.1) is 5.56 Å². The number of aliphatic hydroxyl groups is 1. The average Bonchev–Trinajstić information content (AvgIpc) is 3.62. The number of amides is 2. The lowest BCUT2D eigenvalue weighted by atomic mass is 9.97. The van der Waals surface area contributed by atoms with E-state index in [1.165, 1.54) is 0 Å². The molecule has 34 heavy (non-hydrogen) atoms. The molecule has 1 heterocycles. The van der Waals surface area contributed by atoms with Gasteiger partial charge in [-0.2, -0.15) is 0 Å². The molecular formula is C25H24F2N4O3. The third kappa shape index (κ3) is 5.20. The third-order valence-corrected chi connectivity index (χ3v) is 5.59. The molecule has 5 N–H and O–H groups in total. The highest BCUT2D eigenvalue weighted by molar-refractivity contribution is 6.00. The van der Waals surface area contributed by atoms with Gasteiger partial charge < -0.3 is 21.5 Å². The number of aliphatic hydroxyl groups excluding tert-OH is 1. The highest BCUT2D eigenvalue weighted by atomic mass is 19.1. The number of aromatic nitrogens is 1. The summed E-state index contributed by atoms with van der Waals surface area (Å²) in [6.07, 6.45) is 2.34. The number of benzene rings is 2. The van der Waals surface area contributed by atoms with Crippen molar-refractivity contribution in [1.29, 1.82) is 0 Å². The fourth-order valence-electron chi connectivity index (χ4n) is 3.64. The molecule has 1 aromatic heterocycles. The molecule has 0 aliphatic heterocycles. The van der Waals surface area contributed by atoms with E-state index in [4.69, 9.17) is 5.73 Å². The van der Waals surface area contributed by atoms with Crippen LogP contribution < -0.4 is 16.4 Å². The summed E-state index contributed by atoms with van der Waals surface area (Å²) in [6, 6.07) is 9.46. The molecule has 1 aliphatic rings. The topological polar surface area (TPSA) is 117 Å². The van der Waals surface area contributed by atoms with Crippen molar-refractivity contribution in [2.45, 2.75) is 38.3 Å². The molecule has 0 spiro atoms. The molecule has 0 unspecified atom stereocenters. The lowest BCUT2D eigenvalue weighted by Crippen LogP contribution is -2.26. The number of carbonyl (C=O) groups excluding carboxylic acids is 2. The van der Waals surface area contributed by atoms with Gasteiger partial charge in [-0.25, -0.2) is 13.8 Å². The zero-order valence-corrected chi connectivity index (χ0v) is 18.4. The van der Waals surface area contributed by atoms with E-state index in [2.05, 4.69) is 15.6 Å². The average molecular weight is 466 g/mol. The standard InChI is InChI=1S/C25H24F2N4O3/c1-2-13-9-19(31-25(34)22(32)14-7-16(26)11-17(27)8-14)5-6-20(13)15-10-21(23(28)29-12-15)24(33)30-18-3-4-18/h5-12,18,22,32H,2-4H2,1H3,(H2,28,29)(H,30,33)(H,31,34)/t22-/m1/s1. The zero-order valence-electron chi connectivity index (χ0n) is 18.4. The Kier molecular flexibility index (Phi) is 6.56. The van der Waals surface area contributed by atoms with Gasteiger partial charge >= 0.3 is 0 Å². The minimum Gasteiger partial charge on any atom is -0.383 e. The summed E-state index contributed by atoms with van der Waals surface area (Å²) in [5.74, 6) is -2.72. The Morgan fingerprint density at radius 1 is 1.15 bits per heavy atom. The highest BCUT2D eigenvalue weighted by Gasteiger charge is 2.25. The van der Waals surface area contributed by atoms with Crippen molar-refractivity contribution >= 4 is 23.3 Å². The number of nitrogen functional groups attached to an aromatic ring is 1. The molecule has 0 radical (unpaired) electrons. The predicted molar refractivity (Wildman–Crippen MR) is 124 cm³/mol. The minimum absolute atomic E-state index is 0.145. The highest BCUT2D eigenvalue weighted by Crippen LogP contribution is 2.29. The molecule has 4 rings (SSSR count). The van der Waals surface area contributed by atoms with E-state index in [0.29, 0.717) is 29.3 Å². The van der Waals surface area contributed by atoms with Gasteiger partial charge in [-0.15, -0.1) is 0 Å². The van der Waals surface area contributed by atoms with Gasteiger partial charge in [-0.3, -0.25) is 9.59 Å². The van der Waals surface area contributed by atoms with Crippen LogP contribution in [0.2, 0.25) is 0 Å². The number of nitrogens with two attached hydrogens (primary N) is 1. The Labute approximate surface area is 195 Å². The SMILES string of the molecule is CCc1cc(NC(=O)[C@H](O)c2cc(F)cc(F)c2)ccc1-c1cnc(N)c(C(=O)NC2CC2)c1. The van der Waals surface area contributed by atoms with Gasteiger partial charge in [-0.1, -0.05) is 13.0 Å². The monoisotopic (exact) mass is 466 g/mol. The number of rotatable bonds is 7. The van der Waals surface area contributed by atoms with E-state index in [0.717, 1.165) is 36.1 Å². The van der Waals surface area contributed by atoms with Crippen LogP contribution in [0.15, 0.2) is 48.7 Å². The number of pyridine rings is 1. The first kappa shape index (κ1) is 23.3. The van der Waals surface area contributed by atoms with E-state index in [-0.39, 0.29) is 23.3 Å². The van der Waals surface area contributed by atoms with Crippen LogP contribution in [0.1, 0.15) is 47.4 Å². The van der Waals surface area contributed by atoms with Crippen LogP contribution in [0.3, 0.4) is 0 Å². The Morgan fingerprint density at radius 3 is 2.50 bits per heavy atom. The lowest BCUT2D eigenvalue weighted by Gasteiger charge is -2.15. The second-order valence-electron chi connectivity index (χ2n) is 8.22. The lowest BCUT2D eigenvalue weighted by molar-refractivity contribution is -0.124. The van der Waals surface area contributed by atoms with Gasteiger partial charge in [-0.05, 0) is 66.3 Å². The third-order valence-electron chi connectivity index (χ3n) is 5.59. The van der Waals surface area contributed by atoms with Crippen LogP contribution in [-0.2, 0) is 11.2 Å². The summed E-state index contributed by atoms with van der Waals surface area (Å²) in [4.78, 5) is 29.1. The maximum atomic E-state index is 13.4.